The summed E-state index contributed by atoms with van der Waals surface area (Å²) in [4.78, 5) is 12.1. The lowest BCUT2D eigenvalue weighted by atomic mass is 9.86. The molecule has 3 heteroatoms. The fraction of sp³-hybridized carbons (Fsp3) is 0.588. The van der Waals surface area contributed by atoms with Crippen LogP contribution in [0.25, 0.3) is 0 Å². The Kier molecular flexibility index (Phi) is 5.64. The molecule has 1 fully saturated rings. The van der Waals surface area contributed by atoms with Crippen LogP contribution in [0.15, 0.2) is 16.6 Å². The van der Waals surface area contributed by atoms with Gasteiger partial charge in [0.15, 0.2) is 0 Å². The predicted molar refractivity (Wildman–Crippen MR) is 88.1 cm³/mol. The molecule has 1 aliphatic carbocycles. The number of rotatable bonds is 4. The molecular formula is C17H24BrNO. The molecule has 1 aliphatic rings. The number of hydrogen-bond acceptors (Lipinski definition) is 1. The third kappa shape index (κ3) is 4.08. The number of carbonyl (C=O) groups excluding carboxylic acids is 1. The van der Waals surface area contributed by atoms with E-state index >= 15 is 0 Å². The van der Waals surface area contributed by atoms with Crippen molar-refractivity contribution in [1.82, 2.24) is 0 Å². The molecule has 2 nitrogen and oxygen atoms in total. The maximum absolute atomic E-state index is 12.1. The lowest BCUT2D eigenvalue weighted by molar-refractivity contribution is -0.116. The highest BCUT2D eigenvalue weighted by Gasteiger charge is 2.15. The van der Waals surface area contributed by atoms with Crippen molar-refractivity contribution in [3.05, 3.63) is 27.7 Å². The van der Waals surface area contributed by atoms with Crippen LogP contribution in [0.1, 0.15) is 56.1 Å². The summed E-state index contributed by atoms with van der Waals surface area (Å²) in [5, 5.41) is 3.06. The molecule has 20 heavy (non-hydrogen) atoms. The summed E-state index contributed by atoms with van der Waals surface area (Å²) in [6, 6.07) is 3.98. The molecule has 0 heterocycles. The van der Waals surface area contributed by atoms with Gasteiger partial charge in [-0.3, -0.25) is 4.79 Å². The van der Waals surface area contributed by atoms with Gasteiger partial charge in [-0.2, -0.15) is 0 Å². The molecule has 0 aromatic heterocycles. The highest BCUT2D eigenvalue weighted by molar-refractivity contribution is 9.10. The average Bonchev–Trinajstić information content (AvgIpc) is 2.47. The molecule has 1 amide bonds. The zero-order valence-electron chi connectivity index (χ0n) is 12.5. The highest BCUT2D eigenvalue weighted by Crippen LogP contribution is 2.28. The van der Waals surface area contributed by atoms with E-state index < -0.39 is 0 Å². The van der Waals surface area contributed by atoms with Gasteiger partial charge >= 0.3 is 0 Å². The summed E-state index contributed by atoms with van der Waals surface area (Å²) in [6.45, 7) is 4.12. The zero-order chi connectivity index (χ0) is 14.5. The van der Waals surface area contributed by atoms with E-state index in [9.17, 15) is 4.79 Å². The van der Waals surface area contributed by atoms with Gasteiger partial charge in [0, 0.05) is 16.6 Å². The van der Waals surface area contributed by atoms with Gasteiger partial charge in [-0.25, -0.2) is 0 Å². The first kappa shape index (κ1) is 15.6. The van der Waals surface area contributed by atoms with Gasteiger partial charge in [0.2, 0.25) is 5.91 Å². The summed E-state index contributed by atoms with van der Waals surface area (Å²) < 4.78 is 1.09. The number of hydrogen-bond donors (Lipinski definition) is 1. The Morgan fingerprint density at radius 1 is 1.20 bits per heavy atom. The summed E-state index contributed by atoms with van der Waals surface area (Å²) in [6.07, 6.45) is 8.38. The van der Waals surface area contributed by atoms with Crippen molar-refractivity contribution in [2.75, 3.05) is 5.32 Å². The fourth-order valence-corrected chi connectivity index (χ4v) is 3.38. The second-order valence-electron chi connectivity index (χ2n) is 5.94. The van der Waals surface area contributed by atoms with E-state index in [2.05, 4.69) is 35.1 Å². The first-order chi connectivity index (χ1) is 9.58. The molecule has 0 atom stereocenters. The molecule has 0 bridgehead atoms. The number of benzene rings is 1. The lowest BCUT2D eigenvalue weighted by Crippen LogP contribution is -2.15. The second kappa shape index (κ2) is 7.26. The van der Waals surface area contributed by atoms with Gasteiger partial charge in [-0.1, -0.05) is 48.0 Å². The van der Waals surface area contributed by atoms with Crippen LogP contribution in [0.2, 0.25) is 0 Å². The summed E-state index contributed by atoms with van der Waals surface area (Å²) in [7, 11) is 0. The van der Waals surface area contributed by atoms with E-state index in [-0.39, 0.29) is 5.91 Å². The first-order valence-corrected chi connectivity index (χ1v) is 8.43. The first-order valence-electron chi connectivity index (χ1n) is 7.63. The molecule has 110 valence electrons. The molecule has 1 saturated carbocycles. The van der Waals surface area contributed by atoms with Gasteiger partial charge < -0.3 is 5.32 Å². The summed E-state index contributed by atoms with van der Waals surface area (Å²) >= 11 is 3.52. The minimum Gasteiger partial charge on any atom is -0.326 e. The van der Waals surface area contributed by atoms with E-state index in [1.165, 1.54) is 37.7 Å². The van der Waals surface area contributed by atoms with Crippen LogP contribution in [0.5, 0.6) is 0 Å². The minimum absolute atomic E-state index is 0.153. The Morgan fingerprint density at radius 3 is 2.60 bits per heavy atom. The number of amides is 1. The van der Waals surface area contributed by atoms with Crippen molar-refractivity contribution in [1.29, 1.82) is 0 Å². The Hall–Kier alpha value is -0.830. The monoisotopic (exact) mass is 337 g/mol. The van der Waals surface area contributed by atoms with E-state index in [1.807, 2.05) is 12.1 Å². The lowest BCUT2D eigenvalue weighted by Gasteiger charge is -2.21. The minimum atomic E-state index is 0.153. The van der Waals surface area contributed by atoms with Crippen molar-refractivity contribution in [3.8, 4) is 0 Å². The SMILES string of the molecule is Cc1c(Br)ccc(NC(=O)CCC2CCCCC2)c1C. The zero-order valence-corrected chi connectivity index (χ0v) is 14.1. The van der Waals surface area contributed by atoms with Crippen LogP contribution < -0.4 is 5.32 Å². The van der Waals surface area contributed by atoms with Crippen molar-refractivity contribution in [2.24, 2.45) is 5.92 Å². The van der Waals surface area contributed by atoms with Gasteiger partial charge in [0.1, 0.15) is 0 Å². The number of anilines is 1. The summed E-state index contributed by atoms with van der Waals surface area (Å²) in [5.41, 5.74) is 3.28. The molecule has 1 N–H and O–H groups in total. The molecule has 0 spiro atoms. The number of carbonyl (C=O) groups is 1. The third-order valence-corrected chi connectivity index (χ3v) is 5.36. The second-order valence-corrected chi connectivity index (χ2v) is 6.79. The molecule has 1 aromatic carbocycles. The Bertz CT molecular complexity index is 478. The molecule has 0 unspecified atom stereocenters. The molecule has 2 rings (SSSR count). The van der Waals surface area contributed by atoms with Crippen LogP contribution in [-0.4, -0.2) is 5.91 Å². The van der Waals surface area contributed by atoms with Gasteiger partial charge in [0.25, 0.3) is 0 Å². The predicted octanol–water partition coefficient (Wildman–Crippen LogP) is 5.36. The molecule has 0 saturated heterocycles. The number of halogens is 1. The average molecular weight is 338 g/mol. The highest BCUT2D eigenvalue weighted by atomic mass is 79.9. The van der Waals surface area contributed by atoms with E-state index in [0.717, 1.165) is 28.1 Å². The van der Waals surface area contributed by atoms with Crippen LogP contribution >= 0.6 is 15.9 Å². The molecule has 0 radical (unpaired) electrons. The van der Waals surface area contributed by atoms with E-state index in [0.29, 0.717) is 6.42 Å². The third-order valence-electron chi connectivity index (χ3n) is 4.50. The quantitative estimate of drug-likeness (QED) is 0.786. The molecule has 0 aliphatic heterocycles. The van der Waals surface area contributed by atoms with Crippen molar-refractivity contribution in [3.63, 3.8) is 0 Å². The topological polar surface area (TPSA) is 29.1 Å². The van der Waals surface area contributed by atoms with Crippen LogP contribution in [0.4, 0.5) is 5.69 Å². The van der Waals surface area contributed by atoms with Crippen molar-refractivity contribution >= 4 is 27.5 Å². The fourth-order valence-electron chi connectivity index (χ4n) is 2.95. The Labute approximate surface area is 130 Å². The van der Waals surface area contributed by atoms with Crippen LogP contribution in [0, 0.1) is 19.8 Å². The molecule has 1 aromatic rings. The van der Waals surface area contributed by atoms with E-state index in [4.69, 9.17) is 0 Å². The number of nitrogens with one attached hydrogen (secondary N) is 1. The maximum Gasteiger partial charge on any atom is 0.224 e. The summed E-state index contributed by atoms with van der Waals surface area (Å²) in [5.74, 6) is 0.919. The van der Waals surface area contributed by atoms with Gasteiger partial charge in [0.05, 0.1) is 0 Å². The largest absolute Gasteiger partial charge is 0.326 e. The Morgan fingerprint density at radius 2 is 1.90 bits per heavy atom. The standard InChI is InChI=1S/C17H24BrNO/c1-12-13(2)16(10-9-15(12)18)19-17(20)11-8-14-6-4-3-5-7-14/h9-10,14H,3-8,11H2,1-2H3,(H,19,20). The van der Waals surface area contributed by atoms with Crippen LogP contribution in [0.3, 0.4) is 0 Å². The van der Waals surface area contributed by atoms with Gasteiger partial charge in [-0.15, -0.1) is 0 Å². The molecular weight excluding hydrogens is 314 g/mol. The van der Waals surface area contributed by atoms with E-state index in [1.54, 1.807) is 0 Å². The van der Waals surface area contributed by atoms with Crippen LogP contribution in [-0.2, 0) is 4.79 Å². The normalized spacial score (nSPS) is 16.1. The Balaban J connectivity index is 1.86. The van der Waals surface area contributed by atoms with Crippen molar-refractivity contribution < 1.29 is 4.79 Å². The van der Waals surface area contributed by atoms with Gasteiger partial charge in [-0.05, 0) is 49.4 Å². The van der Waals surface area contributed by atoms with Crippen molar-refractivity contribution in [2.45, 2.75) is 58.8 Å². The maximum atomic E-state index is 12.1. The smallest absolute Gasteiger partial charge is 0.224 e.